The second-order valence-corrected chi connectivity index (χ2v) is 6.85. The minimum absolute atomic E-state index is 0.0364. The third-order valence-electron chi connectivity index (χ3n) is 5.22. The minimum atomic E-state index is -0.844. The van der Waals surface area contributed by atoms with Gasteiger partial charge in [-0.15, -0.1) is 0 Å². The quantitative estimate of drug-likeness (QED) is 0.469. The van der Waals surface area contributed by atoms with Gasteiger partial charge < -0.3 is 29.0 Å². The number of para-hydroxylation sites is 1. The van der Waals surface area contributed by atoms with Crippen molar-refractivity contribution < 1.29 is 33.6 Å². The lowest BCUT2D eigenvalue weighted by Gasteiger charge is -2.24. The molecule has 2 aromatic carbocycles. The minimum Gasteiger partial charge on any atom is -0.507 e. The average molecular weight is 411 g/mol. The second kappa shape index (κ2) is 7.62. The Morgan fingerprint density at radius 3 is 2.50 bits per heavy atom. The third-order valence-corrected chi connectivity index (χ3v) is 5.22. The number of ketones is 1. The largest absolute Gasteiger partial charge is 0.507 e. The van der Waals surface area contributed by atoms with Crippen LogP contribution in [0.4, 0.5) is 0 Å². The highest BCUT2D eigenvalue weighted by Gasteiger charge is 2.45. The van der Waals surface area contributed by atoms with E-state index in [1.165, 1.54) is 26.2 Å². The van der Waals surface area contributed by atoms with Gasteiger partial charge in [-0.25, -0.2) is 0 Å². The molecule has 1 fully saturated rings. The molecule has 2 aliphatic rings. The number of rotatable bonds is 4. The Morgan fingerprint density at radius 2 is 1.80 bits per heavy atom. The Balaban J connectivity index is 1.89. The number of hydrogen-bond donors (Lipinski definition) is 1. The van der Waals surface area contributed by atoms with E-state index in [1.54, 1.807) is 36.4 Å². The van der Waals surface area contributed by atoms with Gasteiger partial charge in [0, 0.05) is 18.2 Å². The first-order valence-electron chi connectivity index (χ1n) is 9.33. The molecule has 0 saturated carbocycles. The molecule has 1 N–H and O–H groups in total. The molecule has 4 rings (SSSR count). The maximum absolute atomic E-state index is 12.8. The van der Waals surface area contributed by atoms with Crippen molar-refractivity contribution in [2.45, 2.75) is 6.04 Å². The number of fused-ring (bicyclic) bond motifs is 1. The Bertz CT molecular complexity index is 1060. The van der Waals surface area contributed by atoms with Crippen LogP contribution in [0.1, 0.15) is 17.2 Å². The van der Waals surface area contributed by atoms with Crippen molar-refractivity contribution in [1.29, 1.82) is 0 Å². The molecule has 8 nitrogen and oxygen atoms in total. The van der Waals surface area contributed by atoms with E-state index in [4.69, 9.17) is 18.9 Å². The van der Waals surface area contributed by atoms with Gasteiger partial charge in [-0.3, -0.25) is 9.59 Å². The predicted octanol–water partition coefficient (Wildman–Crippen LogP) is 2.53. The van der Waals surface area contributed by atoms with Crippen LogP contribution < -0.4 is 18.9 Å². The number of aliphatic hydroxyl groups excluding tert-OH is 1. The van der Waals surface area contributed by atoms with E-state index in [0.717, 1.165) is 0 Å². The number of likely N-dealkylation sites (N-methyl/N-ethyl adjacent to an activating group) is 1. The highest BCUT2D eigenvalue weighted by Crippen LogP contribution is 2.45. The van der Waals surface area contributed by atoms with Crippen molar-refractivity contribution in [2.75, 3.05) is 34.5 Å². The SMILES string of the molecule is COc1cccc(C2/C(=C(\O)c3ccc4c(c3)OCCO4)C(=O)C(=O)N2C)c1OC. The fraction of sp³-hybridized carbons (Fsp3) is 0.273. The van der Waals surface area contributed by atoms with Gasteiger partial charge in [-0.1, -0.05) is 12.1 Å². The number of hydrogen-bond acceptors (Lipinski definition) is 7. The van der Waals surface area contributed by atoms with E-state index < -0.39 is 17.7 Å². The molecular weight excluding hydrogens is 390 g/mol. The highest BCUT2D eigenvalue weighted by atomic mass is 16.6. The van der Waals surface area contributed by atoms with Crippen LogP contribution >= 0.6 is 0 Å². The lowest BCUT2D eigenvalue weighted by Crippen LogP contribution is -2.25. The maximum Gasteiger partial charge on any atom is 0.295 e. The number of Topliss-reactive ketones (excluding diaryl/α,β-unsaturated/α-hetero) is 1. The van der Waals surface area contributed by atoms with Gasteiger partial charge in [-0.05, 0) is 24.3 Å². The first-order chi connectivity index (χ1) is 14.5. The van der Waals surface area contributed by atoms with E-state index >= 15 is 0 Å². The van der Waals surface area contributed by atoms with Crippen LogP contribution in [0.5, 0.6) is 23.0 Å². The summed E-state index contributed by atoms with van der Waals surface area (Å²) >= 11 is 0. The number of carbonyl (C=O) groups excluding carboxylic acids is 2. The zero-order chi connectivity index (χ0) is 21.4. The number of amides is 1. The van der Waals surface area contributed by atoms with E-state index in [9.17, 15) is 14.7 Å². The molecule has 2 aliphatic heterocycles. The summed E-state index contributed by atoms with van der Waals surface area (Å²) in [6, 6.07) is 9.20. The molecule has 0 radical (unpaired) electrons. The van der Waals surface area contributed by atoms with Gasteiger partial charge in [0.1, 0.15) is 19.0 Å². The van der Waals surface area contributed by atoms with Crippen molar-refractivity contribution in [1.82, 2.24) is 4.90 Å². The molecule has 2 aromatic rings. The zero-order valence-electron chi connectivity index (χ0n) is 16.8. The van der Waals surface area contributed by atoms with Gasteiger partial charge >= 0.3 is 0 Å². The summed E-state index contributed by atoms with van der Waals surface area (Å²) in [4.78, 5) is 26.6. The van der Waals surface area contributed by atoms with E-state index in [2.05, 4.69) is 0 Å². The first-order valence-corrected chi connectivity index (χ1v) is 9.33. The van der Waals surface area contributed by atoms with Crippen LogP contribution in [-0.4, -0.2) is 56.2 Å². The fourth-order valence-corrected chi connectivity index (χ4v) is 3.79. The lowest BCUT2D eigenvalue weighted by atomic mass is 9.94. The molecule has 30 heavy (non-hydrogen) atoms. The average Bonchev–Trinajstić information content (AvgIpc) is 3.01. The van der Waals surface area contributed by atoms with Crippen molar-refractivity contribution in [3.05, 3.63) is 53.1 Å². The van der Waals surface area contributed by atoms with E-state index in [0.29, 0.717) is 47.3 Å². The summed E-state index contributed by atoms with van der Waals surface area (Å²) in [7, 11) is 4.48. The monoisotopic (exact) mass is 411 g/mol. The Labute approximate surface area is 173 Å². The van der Waals surface area contributed by atoms with E-state index in [1.807, 2.05) is 0 Å². The molecule has 1 saturated heterocycles. The van der Waals surface area contributed by atoms with Crippen molar-refractivity contribution in [3.63, 3.8) is 0 Å². The predicted molar refractivity (Wildman–Crippen MR) is 107 cm³/mol. The van der Waals surface area contributed by atoms with Crippen molar-refractivity contribution >= 4 is 17.4 Å². The summed E-state index contributed by atoms with van der Waals surface area (Å²) in [5.74, 6) is 0.0553. The number of likely N-dealkylation sites (tertiary alicyclic amines) is 1. The highest BCUT2D eigenvalue weighted by molar-refractivity contribution is 6.46. The Kier molecular flexibility index (Phi) is 4.99. The van der Waals surface area contributed by atoms with Gasteiger partial charge in [0.05, 0.1) is 25.8 Å². The molecule has 156 valence electrons. The number of nitrogens with zero attached hydrogens (tertiary/aromatic N) is 1. The van der Waals surface area contributed by atoms with Gasteiger partial charge in [-0.2, -0.15) is 0 Å². The normalized spacial score (nSPS) is 19.7. The summed E-state index contributed by atoms with van der Waals surface area (Å²) in [6.45, 7) is 0.826. The number of methoxy groups -OCH3 is 2. The zero-order valence-corrected chi connectivity index (χ0v) is 16.8. The summed E-state index contributed by atoms with van der Waals surface area (Å²) in [5, 5.41) is 11.1. The molecule has 2 heterocycles. The van der Waals surface area contributed by atoms with Crippen LogP contribution in [0.15, 0.2) is 42.0 Å². The number of benzene rings is 2. The number of carbonyl (C=O) groups is 2. The van der Waals surface area contributed by atoms with Crippen LogP contribution in [0.3, 0.4) is 0 Å². The summed E-state index contributed by atoms with van der Waals surface area (Å²) in [5.41, 5.74) is 0.834. The molecule has 0 spiro atoms. The van der Waals surface area contributed by atoms with Gasteiger partial charge in [0.25, 0.3) is 11.7 Å². The maximum atomic E-state index is 12.8. The molecule has 1 amide bonds. The second-order valence-electron chi connectivity index (χ2n) is 6.85. The lowest BCUT2D eigenvalue weighted by molar-refractivity contribution is -0.139. The molecule has 0 aliphatic carbocycles. The number of aliphatic hydroxyl groups is 1. The number of ether oxygens (including phenoxy) is 4. The molecule has 1 atom stereocenters. The summed E-state index contributed by atoms with van der Waals surface area (Å²) < 4.78 is 21.9. The molecule has 0 aromatic heterocycles. The topological polar surface area (TPSA) is 94.5 Å². The van der Waals surface area contributed by atoms with E-state index in [-0.39, 0.29) is 11.3 Å². The Morgan fingerprint density at radius 1 is 1.07 bits per heavy atom. The molecule has 0 bridgehead atoms. The Hall–Kier alpha value is -3.68. The molecule has 1 unspecified atom stereocenters. The molecular formula is C22H21NO7. The van der Waals surface area contributed by atoms with Crippen LogP contribution in [0, 0.1) is 0 Å². The van der Waals surface area contributed by atoms with Crippen molar-refractivity contribution in [2.24, 2.45) is 0 Å². The fourth-order valence-electron chi connectivity index (χ4n) is 3.79. The van der Waals surface area contributed by atoms with Crippen LogP contribution in [0.2, 0.25) is 0 Å². The third kappa shape index (κ3) is 3.01. The summed E-state index contributed by atoms with van der Waals surface area (Å²) in [6.07, 6.45) is 0. The van der Waals surface area contributed by atoms with Gasteiger partial charge in [0.2, 0.25) is 0 Å². The van der Waals surface area contributed by atoms with Crippen LogP contribution in [-0.2, 0) is 9.59 Å². The smallest absolute Gasteiger partial charge is 0.295 e. The molecule has 8 heteroatoms. The van der Waals surface area contributed by atoms with Crippen LogP contribution in [0.25, 0.3) is 5.76 Å². The van der Waals surface area contributed by atoms with Gasteiger partial charge in [0.15, 0.2) is 23.0 Å². The first kappa shape index (κ1) is 19.6. The standard InChI is InChI=1S/C22H21NO7/c1-23-18(13-5-4-6-15(27-2)21(13)28-3)17(20(25)22(23)26)19(24)12-7-8-14-16(11-12)30-10-9-29-14/h4-8,11,18,24H,9-10H2,1-3H3/b19-17+. The van der Waals surface area contributed by atoms with Crippen molar-refractivity contribution in [3.8, 4) is 23.0 Å².